The van der Waals surface area contributed by atoms with Gasteiger partial charge in [0.15, 0.2) is 5.16 Å². The summed E-state index contributed by atoms with van der Waals surface area (Å²) in [6.07, 6.45) is 3.51. The van der Waals surface area contributed by atoms with Gasteiger partial charge in [-0.1, -0.05) is 13.8 Å². The molecule has 0 aliphatic rings. The Balaban J connectivity index is 2.16. The monoisotopic (exact) mass is 293 g/mol. The van der Waals surface area contributed by atoms with Gasteiger partial charge >= 0.3 is 5.69 Å². The van der Waals surface area contributed by atoms with Crippen molar-refractivity contribution in [3.8, 4) is 0 Å². The third-order valence-electron chi connectivity index (χ3n) is 2.96. The van der Waals surface area contributed by atoms with Crippen molar-refractivity contribution >= 4 is 11.8 Å². The zero-order valence-corrected chi connectivity index (χ0v) is 12.5. The lowest BCUT2D eigenvalue weighted by atomic mass is 10.1. The summed E-state index contributed by atoms with van der Waals surface area (Å²) in [4.78, 5) is 16.9. The Morgan fingerprint density at radius 2 is 2.25 bits per heavy atom. The molecule has 2 heterocycles. The van der Waals surface area contributed by atoms with E-state index in [0.29, 0.717) is 11.7 Å². The molecule has 108 valence electrons. The molecule has 0 saturated carbocycles. The van der Waals surface area contributed by atoms with Crippen molar-refractivity contribution in [3.05, 3.63) is 34.5 Å². The van der Waals surface area contributed by atoms with E-state index < -0.39 is 0 Å². The first-order valence-corrected chi connectivity index (χ1v) is 7.52. The summed E-state index contributed by atoms with van der Waals surface area (Å²) < 4.78 is 1.64. The number of nitrogens with two attached hydrogens (primary N) is 1. The van der Waals surface area contributed by atoms with Crippen molar-refractivity contribution in [1.82, 2.24) is 19.7 Å². The maximum atomic E-state index is 11.6. The highest BCUT2D eigenvalue weighted by atomic mass is 32.2. The van der Waals surface area contributed by atoms with Crippen LogP contribution in [0.2, 0.25) is 0 Å². The van der Waals surface area contributed by atoms with E-state index in [4.69, 9.17) is 5.73 Å². The van der Waals surface area contributed by atoms with E-state index in [1.54, 1.807) is 10.8 Å². The Hall–Kier alpha value is -1.60. The molecule has 0 aliphatic heterocycles. The lowest BCUT2D eigenvalue weighted by Crippen LogP contribution is -2.17. The van der Waals surface area contributed by atoms with Crippen LogP contribution in [0, 0.1) is 0 Å². The molecule has 2 aromatic heterocycles. The Kier molecular flexibility index (Phi) is 4.97. The Morgan fingerprint density at radius 1 is 1.45 bits per heavy atom. The maximum Gasteiger partial charge on any atom is 0.343 e. The molecule has 1 atom stereocenters. The number of nitrogens with one attached hydrogen (secondary N) is 1. The fourth-order valence-electron chi connectivity index (χ4n) is 1.79. The van der Waals surface area contributed by atoms with Crippen LogP contribution in [0.4, 0.5) is 0 Å². The second kappa shape index (κ2) is 6.71. The number of H-pyrrole nitrogens is 1. The predicted octanol–water partition coefficient (Wildman–Crippen LogP) is 1.94. The van der Waals surface area contributed by atoms with E-state index in [0.717, 1.165) is 23.4 Å². The first kappa shape index (κ1) is 14.8. The first-order valence-electron chi connectivity index (χ1n) is 6.70. The number of rotatable bonds is 6. The highest BCUT2D eigenvalue weighted by Crippen LogP contribution is 2.25. The zero-order valence-electron chi connectivity index (χ0n) is 11.7. The van der Waals surface area contributed by atoms with Crippen LogP contribution in [-0.4, -0.2) is 19.7 Å². The van der Waals surface area contributed by atoms with Crippen LogP contribution in [0.25, 0.3) is 0 Å². The van der Waals surface area contributed by atoms with Gasteiger partial charge in [-0.25, -0.2) is 9.89 Å². The highest BCUT2D eigenvalue weighted by Gasteiger charge is 2.10. The minimum atomic E-state index is -0.174. The quantitative estimate of drug-likeness (QED) is 0.849. The zero-order chi connectivity index (χ0) is 14.5. The van der Waals surface area contributed by atoms with Crippen LogP contribution >= 0.6 is 11.8 Å². The number of aromatic nitrogens is 4. The second-order valence-corrected chi connectivity index (χ2v) is 5.54. The fraction of sp³-hybridized carbons (Fsp3) is 0.462. The molecule has 0 fully saturated rings. The average Bonchev–Trinajstić information content (AvgIpc) is 2.81. The summed E-state index contributed by atoms with van der Waals surface area (Å²) >= 11 is 1.42. The minimum absolute atomic E-state index is 0.0299. The Morgan fingerprint density at radius 3 is 2.85 bits per heavy atom. The van der Waals surface area contributed by atoms with Crippen LogP contribution in [0.15, 0.2) is 33.2 Å². The van der Waals surface area contributed by atoms with Gasteiger partial charge in [0.25, 0.3) is 0 Å². The third-order valence-corrected chi connectivity index (χ3v) is 3.93. The molecule has 0 radical (unpaired) electrons. The van der Waals surface area contributed by atoms with Crippen LogP contribution in [0.5, 0.6) is 0 Å². The van der Waals surface area contributed by atoms with Gasteiger partial charge in [-0.15, -0.1) is 5.10 Å². The van der Waals surface area contributed by atoms with E-state index in [-0.39, 0.29) is 11.7 Å². The molecular weight excluding hydrogens is 274 g/mol. The third kappa shape index (κ3) is 3.29. The van der Waals surface area contributed by atoms with Crippen molar-refractivity contribution in [1.29, 1.82) is 0 Å². The molecule has 7 heteroatoms. The van der Waals surface area contributed by atoms with E-state index >= 15 is 0 Å². The number of pyridine rings is 1. The highest BCUT2D eigenvalue weighted by molar-refractivity contribution is 7.99. The molecule has 0 bridgehead atoms. The molecule has 2 aromatic rings. The number of nitrogens with zero attached hydrogens (tertiary/aromatic N) is 3. The number of aromatic amines is 1. The maximum absolute atomic E-state index is 11.6. The normalized spacial score (nSPS) is 12.6. The molecular formula is C13H19N5OS. The molecule has 20 heavy (non-hydrogen) atoms. The fourth-order valence-corrected chi connectivity index (χ4v) is 2.62. The van der Waals surface area contributed by atoms with Crippen LogP contribution in [0.3, 0.4) is 0 Å². The molecule has 0 saturated heterocycles. The Labute approximate surface area is 121 Å². The van der Waals surface area contributed by atoms with Crippen molar-refractivity contribution in [2.24, 2.45) is 5.73 Å². The van der Waals surface area contributed by atoms with Crippen molar-refractivity contribution in [2.45, 2.75) is 49.3 Å². The minimum Gasteiger partial charge on any atom is -0.323 e. The van der Waals surface area contributed by atoms with Crippen molar-refractivity contribution in [2.75, 3.05) is 0 Å². The van der Waals surface area contributed by atoms with E-state index in [2.05, 4.69) is 15.2 Å². The van der Waals surface area contributed by atoms with Gasteiger partial charge in [0.2, 0.25) is 0 Å². The molecule has 6 nitrogen and oxygen atoms in total. The van der Waals surface area contributed by atoms with Gasteiger partial charge in [0.05, 0.1) is 5.69 Å². The lowest BCUT2D eigenvalue weighted by Gasteiger charge is -2.08. The molecule has 0 unspecified atom stereocenters. The van der Waals surface area contributed by atoms with E-state index in [9.17, 15) is 4.79 Å². The van der Waals surface area contributed by atoms with E-state index in [1.807, 2.05) is 26.0 Å². The molecule has 0 aromatic carbocycles. The van der Waals surface area contributed by atoms with Gasteiger partial charge in [-0.05, 0) is 36.7 Å². The van der Waals surface area contributed by atoms with Gasteiger partial charge in [0.1, 0.15) is 0 Å². The summed E-state index contributed by atoms with van der Waals surface area (Å²) in [5.41, 5.74) is 6.64. The van der Waals surface area contributed by atoms with Crippen molar-refractivity contribution < 1.29 is 0 Å². The molecule has 2 rings (SSSR count). The molecule has 0 amide bonds. The number of hydrogen-bond acceptors (Lipinski definition) is 5. The lowest BCUT2D eigenvalue weighted by molar-refractivity contribution is 0.604. The topological polar surface area (TPSA) is 89.6 Å². The average molecular weight is 293 g/mol. The SMILES string of the molecule is CCCn1c(Sc2ccc([C@H](N)CC)nc2)n[nH]c1=O. The smallest absolute Gasteiger partial charge is 0.323 e. The summed E-state index contributed by atoms with van der Waals surface area (Å²) in [6, 6.07) is 3.85. The Bertz CT molecular complexity index is 604. The van der Waals surface area contributed by atoms with Gasteiger partial charge in [-0.3, -0.25) is 9.55 Å². The van der Waals surface area contributed by atoms with Crippen LogP contribution in [0.1, 0.15) is 38.4 Å². The number of hydrogen-bond donors (Lipinski definition) is 2. The standard InChI is InChI=1S/C13H19N5OS/c1-3-7-18-12(19)16-17-13(18)20-9-5-6-11(15-8-9)10(14)4-2/h5-6,8,10H,3-4,7,14H2,1-2H3,(H,16,19)/t10-/m1/s1. The summed E-state index contributed by atoms with van der Waals surface area (Å²) in [7, 11) is 0. The van der Waals surface area contributed by atoms with E-state index in [1.165, 1.54) is 11.8 Å². The first-order chi connectivity index (χ1) is 9.65. The predicted molar refractivity (Wildman–Crippen MR) is 78.7 cm³/mol. The van der Waals surface area contributed by atoms with Crippen LogP contribution in [-0.2, 0) is 6.54 Å². The largest absolute Gasteiger partial charge is 0.343 e. The van der Waals surface area contributed by atoms with Gasteiger partial charge in [0, 0.05) is 23.7 Å². The molecule has 0 aliphatic carbocycles. The molecule has 3 N–H and O–H groups in total. The van der Waals surface area contributed by atoms with Crippen LogP contribution < -0.4 is 11.4 Å². The molecule has 0 spiro atoms. The van der Waals surface area contributed by atoms with Crippen molar-refractivity contribution in [3.63, 3.8) is 0 Å². The summed E-state index contributed by atoms with van der Waals surface area (Å²) in [5.74, 6) is 0. The van der Waals surface area contributed by atoms with Gasteiger partial charge in [-0.2, -0.15) is 0 Å². The van der Waals surface area contributed by atoms with Gasteiger partial charge < -0.3 is 5.73 Å². The summed E-state index contributed by atoms with van der Waals surface area (Å²) in [6.45, 7) is 4.71. The summed E-state index contributed by atoms with van der Waals surface area (Å²) in [5, 5.41) is 7.18. The second-order valence-electron chi connectivity index (χ2n) is 4.50.